The fourth-order valence-corrected chi connectivity index (χ4v) is 3.74. The maximum atomic E-state index is 12.4. The van der Waals surface area contributed by atoms with Gasteiger partial charge in [0.05, 0.1) is 11.2 Å². The van der Waals surface area contributed by atoms with Gasteiger partial charge in [0.15, 0.2) is 5.17 Å². The van der Waals surface area contributed by atoms with Crippen molar-refractivity contribution in [2.75, 3.05) is 5.75 Å². The Bertz CT molecular complexity index is 1090. The van der Waals surface area contributed by atoms with Crippen LogP contribution in [0.5, 0.6) is 0 Å². The normalized spacial score (nSPS) is 13.7. The Morgan fingerprint density at radius 2 is 1.75 bits per heavy atom. The maximum Gasteiger partial charge on any atom is 0.231 e. The summed E-state index contributed by atoms with van der Waals surface area (Å²) in [5.74, 6) is 0.283. The summed E-state index contributed by atoms with van der Waals surface area (Å²) in [5.41, 5.74) is 2.75. The number of aromatic nitrogens is 1. The van der Waals surface area contributed by atoms with Crippen molar-refractivity contribution in [2.45, 2.75) is 12.8 Å². The summed E-state index contributed by atoms with van der Waals surface area (Å²) in [6.45, 7) is 0. The second-order valence-electron chi connectivity index (χ2n) is 6.29. The fourth-order valence-electron chi connectivity index (χ4n) is 2.96. The molecule has 4 rings (SSSR count). The Kier molecular flexibility index (Phi) is 5.34. The molecule has 0 fully saturated rings. The minimum atomic E-state index is -0.241. The largest absolute Gasteiger partial charge is 0.304 e. The van der Waals surface area contributed by atoms with Crippen molar-refractivity contribution in [3.63, 3.8) is 0 Å². The van der Waals surface area contributed by atoms with Crippen LogP contribution in [0.3, 0.4) is 0 Å². The number of thioether (sulfide) groups is 1. The average molecular weight is 390 g/mol. The second kappa shape index (κ2) is 8.22. The summed E-state index contributed by atoms with van der Waals surface area (Å²) >= 11 is 1.43. The van der Waals surface area contributed by atoms with Crippen molar-refractivity contribution in [3.05, 3.63) is 72.4 Å². The van der Waals surface area contributed by atoms with Gasteiger partial charge in [0.2, 0.25) is 11.8 Å². The molecule has 1 N–H and O–H groups in total. The van der Waals surface area contributed by atoms with Crippen LogP contribution in [0.15, 0.2) is 77.1 Å². The van der Waals surface area contributed by atoms with Crippen LogP contribution < -0.4 is 5.32 Å². The minimum absolute atomic E-state index is 0.0974. The summed E-state index contributed by atoms with van der Waals surface area (Å²) in [6.07, 6.45) is 1.97. The third-order valence-corrected chi connectivity index (χ3v) is 5.27. The second-order valence-corrected chi connectivity index (χ2v) is 7.26. The highest BCUT2D eigenvalue weighted by Gasteiger charge is 2.16. The molecule has 0 aliphatic carbocycles. The highest BCUT2D eigenvalue weighted by molar-refractivity contribution is 8.14. The zero-order valence-corrected chi connectivity index (χ0v) is 15.9. The van der Waals surface area contributed by atoms with Gasteiger partial charge in [-0.15, -0.1) is 5.10 Å². The van der Waals surface area contributed by atoms with E-state index in [1.807, 2.05) is 60.7 Å². The summed E-state index contributed by atoms with van der Waals surface area (Å²) < 4.78 is 1.59. The molecule has 140 valence electrons. The van der Waals surface area contributed by atoms with Gasteiger partial charge in [0.25, 0.3) is 0 Å². The molecule has 0 saturated heterocycles. The molecule has 28 heavy (non-hydrogen) atoms. The van der Waals surface area contributed by atoms with E-state index in [0.29, 0.717) is 10.9 Å². The number of carbonyl (C=O) groups is 2. The number of nitrogens with zero attached hydrogens (tertiary/aromatic N) is 3. The molecule has 2 aromatic carbocycles. The van der Waals surface area contributed by atoms with Gasteiger partial charge in [-0.3, -0.25) is 14.2 Å². The first kappa shape index (κ1) is 18.2. The molecule has 0 unspecified atom stereocenters. The molecule has 3 aromatic rings. The minimum Gasteiger partial charge on any atom is -0.304 e. The van der Waals surface area contributed by atoms with Crippen LogP contribution >= 0.6 is 11.8 Å². The van der Waals surface area contributed by atoms with E-state index >= 15 is 0 Å². The lowest BCUT2D eigenvalue weighted by molar-refractivity contribution is -0.119. The van der Waals surface area contributed by atoms with Crippen molar-refractivity contribution in [3.8, 4) is 0 Å². The van der Waals surface area contributed by atoms with Crippen LogP contribution in [0.1, 0.15) is 23.2 Å². The Morgan fingerprint density at radius 3 is 2.54 bits per heavy atom. The Hall–Kier alpha value is -3.19. The molecular formula is C21H18N4O2S. The molecule has 7 heteroatoms. The predicted octanol–water partition coefficient (Wildman–Crippen LogP) is 3.69. The van der Waals surface area contributed by atoms with E-state index in [0.717, 1.165) is 22.2 Å². The number of hydrogen-bond acceptors (Lipinski definition) is 5. The van der Waals surface area contributed by atoms with Gasteiger partial charge in [-0.1, -0.05) is 60.3 Å². The van der Waals surface area contributed by atoms with E-state index in [-0.39, 0.29) is 24.7 Å². The standard InChI is InChI=1S/C21H18N4O2S/c26-19(10-11-20(27)25-13-12-16-8-4-5-9-18(16)25)22-21-24-23-17(14-28-21)15-6-2-1-3-7-15/h1-9,12-13H,10-11,14H2,(H,22,24,26). The molecule has 6 nitrogen and oxygen atoms in total. The van der Waals surface area contributed by atoms with E-state index in [4.69, 9.17) is 0 Å². The van der Waals surface area contributed by atoms with E-state index < -0.39 is 0 Å². The van der Waals surface area contributed by atoms with Crippen LogP contribution in [0, 0.1) is 0 Å². The zero-order valence-electron chi connectivity index (χ0n) is 15.0. The smallest absolute Gasteiger partial charge is 0.231 e. The Balaban J connectivity index is 1.33. The van der Waals surface area contributed by atoms with Crippen LogP contribution in [0.25, 0.3) is 10.9 Å². The summed E-state index contributed by atoms with van der Waals surface area (Å²) in [7, 11) is 0. The Labute approximate surface area is 166 Å². The zero-order chi connectivity index (χ0) is 19.3. The molecule has 0 saturated carbocycles. The number of hydrogen-bond donors (Lipinski definition) is 1. The van der Waals surface area contributed by atoms with Crippen LogP contribution in [0.2, 0.25) is 0 Å². The number of amidine groups is 1. The lowest BCUT2D eigenvalue weighted by Gasteiger charge is -2.12. The average Bonchev–Trinajstić information content (AvgIpc) is 3.17. The van der Waals surface area contributed by atoms with Crippen molar-refractivity contribution in [1.82, 2.24) is 9.88 Å². The highest BCUT2D eigenvalue weighted by atomic mass is 32.2. The molecule has 0 atom stereocenters. The molecule has 2 heterocycles. The predicted molar refractivity (Wildman–Crippen MR) is 113 cm³/mol. The number of benzene rings is 2. The van der Waals surface area contributed by atoms with Crippen molar-refractivity contribution in [2.24, 2.45) is 10.2 Å². The highest BCUT2D eigenvalue weighted by Crippen LogP contribution is 2.17. The molecule has 1 aromatic heterocycles. The van der Waals surface area contributed by atoms with Crippen LogP contribution in [-0.4, -0.2) is 33.0 Å². The molecular weight excluding hydrogens is 372 g/mol. The number of amides is 1. The molecule has 1 amide bonds. The van der Waals surface area contributed by atoms with E-state index in [1.165, 1.54) is 11.8 Å². The topological polar surface area (TPSA) is 75.8 Å². The van der Waals surface area contributed by atoms with Gasteiger partial charge in [0.1, 0.15) is 0 Å². The van der Waals surface area contributed by atoms with Gasteiger partial charge >= 0.3 is 0 Å². The lowest BCUT2D eigenvalue weighted by Crippen LogP contribution is -2.31. The van der Waals surface area contributed by atoms with Crippen molar-refractivity contribution >= 4 is 45.4 Å². The molecule has 0 radical (unpaired) electrons. The number of carbonyl (C=O) groups excluding carboxylic acids is 2. The van der Waals surface area contributed by atoms with Gasteiger partial charge in [-0.25, -0.2) is 0 Å². The van der Waals surface area contributed by atoms with Crippen LogP contribution in [0.4, 0.5) is 0 Å². The monoisotopic (exact) mass is 390 g/mol. The molecule has 0 spiro atoms. The van der Waals surface area contributed by atoms with Crippen molar-refractivity contribution < 1.29 is 9.59 Å². The molecule has 1 aliphatic rings. The van der Waals surface area contributed by atoms with Crippen molar-refractivity contribution in [1.29, 1.82) is 0 Å². The molecule has 0 bridgehead atoms. The van der Waals surface area contributed by atoms with Gasteiger partial charge in [0, 0.05) is 30.2 Å². The van der Waals surface area contributed by atoms with Gasteiger partial charge in [-0.05, 0) is 17.7 Å². The first-order valence-electron chi connectivity index (χ1n) is 8.92. The maximum absolute atomic E-state index is 12.4. The Morgan fingerprint density at radius 1 is 0.964 bits per heavy atom. The van der Waals surface area contributed by atoms with E-state index in [2.05, 4.69) is 15.5 Å². The van der Waals surface area contributed by atoms with Gasteiger partial charge in [-0.2, -0.15) is 5.10 Å². The number of rotatable bonds is 4. The first-order valence-corrected chi connectivity index (χ1v) is 9.91. The summed E-state index contributed by atoms with van der Waals surface area (Å²) in [5, 5.41) is 12.5. The van der Waals surface area contributed by atoms with Gasteiger partial charge < -0.3 is 5.32 Å². The first-order chi connectivity index (χ1) is 13.7. The third kappa shape index (κ3) is 4.04. The quantitative estimate of drug-likeness (QED) is 0.738. The fraction of sp³-hybridized carbons (Fsp3) is 0.143. The van der Waals surface area contributed by atoms with E-state index in [1.54, 1.807) is 10.8 Å². The number of fused-ring (bicyclic) bond motifs is 1. The SMILES string of the molecule is O=C(CCC(=O)n1ccc2ccccc21)NC1=NN=C(c2ccccc2)CS1. The summed E-state index contributed by atoms with van der Waals surface area (Å²) in [4.78, 5) is 24.6. The van der Waals surface area contributed by atoms with E-state index in [9.17, 15) is 9.59 Å². The third-order valence-electron chi connectivity index (χ3n) is 4.39. The summed E-state index contributed by atoms with van der Waals surface area (Å²) in [6, 6.07) is 19.4. The number of nitrogens with one attached hydrogen (secondary N) is 1. The lowest BCUT2D eigenvalue weighted by atomic mass is 10.1. The molecule has 1 aliphatic heterocycles. The van der Waals surface area contributed by atoms with Crippen LogP contribution in [-0.2, 0) is 4.79 Å². The number of para-hydroxylation sites is 1.